The van der Waals surface area contributed by atoms with E-state index < -0.39 is 0 Å². The highest BCUT2D eigenvalue weighted by Crippen LogP contribution is 2.29. The number of para-hydroxylation sites is 1. The van der Waals surface area contributed by atoms with E-state index in [0.717, 1.165) is 48.3 Å². The molecule has 0 radical (unpaired) electrons. The van der Waals surface area contributed by atoms with Crippen molar-refractivity contribution in [1.29, 1.82) is 0 Å². The Morgan fingerprint density at radius 1 is 0.731 bits per heavy atom. The summed E-state index contributed by atoms with van der Waals surface area (Å²) in [5.74, 6) is 1.70. The van der Waals surface area contributed by atoms with Gasteiger partial charge in [0.1, 0.15) is 5.82 Å². The minimum atomic E-state index is 0.778. The molecular weight excluding hydrogens is 320 g/mol. The maximum atomic E-state index is 4.89. The van der Waals surface area contributed by atoms with Gasteiger partial charge in [0.2, 0.25) is 5.95 Å². The molecule has 0 atom stereocenters. The van der Waals surface area contributed by atoms with E-state index in [4.69, 9.17) is 9.97 Å². The molecule has 1 heterocycles. The van der Waals surface area contributed by atoms with Gasteiger partial charge < -0.3 is 9.80 Å². The molecule has 134 valence electrons. The molecule has 0 fully saturated rings. The van der Waals surface area contributed by atoms with Crippen LogP contribution < -0.4 is 9.80 Å². The molecule has 3 aromatic rings. The van der Waals surface area contributed by atoms with Crippen molar-refractivity contribution in [3.63, 3.8) is 0 Å². The van der Waals surface area contributed by atoms with E-state index in [-0.39, 0.29) is 0 Å². The van der Waals surface area contributed by atoms with Crippen molar-refractivity contribution >= 4 is 17.5 Å². The highest BCUT2D eigenvalue weighted by atomic mass is 15.3. The Morgan fingerprint density at radius 3 is 1.92 bits per heavy atom. The van der Waals surface area contributed by atoms with Gasteiger partial charge >= 0.3 is 0 Å². The lowest BCUT2D eigenvalue weighted by molar-refractivity contribution is 0.818. The Kier molecular flexibility index (Phi) is 5.84. The number of benzene rings is 2. The topological polar surface area (TPSA) is 32.3 Å². The molecule has 2 aromatic carbocycles. The van der Waals surface area contributed by atoms with Crippen LogP contribution in [0.25, 0.3) is 11.3 Å². The number of nitrogens with zero attached hydrogens (tertiary/aromatic N) is 4. The maximum Gasteiger partial charge on any atom is 0.227 e. The fraction of sp³-hybridized carbons (Fsp3) is 0.273. The van der Waals surface area contributed by atoms with Gasteiger partial charge in [-0.1, -0.05) is 48.5 Å². The quantitative estimate of drug-likeness (QED) is 0.592. The van der Waals surface area contributed by atoms with Crippen LogP contribution in [0, 0.1) is 0 Å². The summed E-state index contributed by atoms with van der Waals surface area (Å²) < 4.78 is 0. The van der Waals surface area contributed by atoms with Crippen LogP contribution in [0.15, 0.2) is 66.7 Å². The summed E-state index contributed by atoms with van der Waals surface area (Å²) in [6, 6.07) is 22.8. The second-order valence-corrected chi connectivity index (χ2v) is 6.03. The monoisotopic (exact) mass is 346 g/mol. The molecule has 3 rings (SSSR count). The van der Waals surface area contributed by atoms with Crippen molar-refractivity contribution in [1.82, 2.24) is 9.97 Å². The van der Waals surface area contributed by atoms with Gasteiger partial charge in [0.15, 0.2) is 0 Å². The molecule has 0 unspecified atom stereocenters. The molecule has 0 amide bonds. The summed E-state index contributed by atoms with van der Waals surface area (Å²) in [5.41, 5.74) is 3.19. The average Bonchev–Trinajstić information content (AvgIpc) is 2.71. The zero-order valence-electron chi connectivity index (χ0n) is 15.8. The van der Waals surface area contributed by atoms with Crippen LogP contribution in [0.4, 0.5) is 17.5 Å². The molecule has 26 heavy (non-hydrogen) atoms. The van der Waals surface area contributed by atoms with Crippen LogP contribution in [0.3, 0.4) is 0 Å². The molecule has 0 N–H and O–H groups in total. The lowest BCUT2D eigenvalue weighted by Crippen LogP contribution is -2.26. The number of anilines is 3. The van der Waals surface area contributed by atoms with Crippen molar-refractivity contribution in [2.24, 2.45) is 0 Å². The van der Waals surface area contributed by atoms with Gasteiger partial charge in [0.05, 0.1) is 5.69 Å². The van der Waals surface area contributed by atoms with Gasteiger partial charge in [-0.25, -0.2) is 4.98 Å². The number of hydrogen-bond donors (Lipinski definition) is 0. The summed E-state index contributed by atoms with van der Waals surface area (Å²) in [7, 11) is 0. The van der Waals surface area contributed by atoms with E-state index >= 15 is 0 Å². The van der Waals surface area contributed by atoms with Crippen molar-refractivity contribution in [2.45, 2.75) is 20.8 Å². The van der Waals surface area contributed by atoms with E-state index in [2.05, 4.69) is 73.0 Å². The maximum absolute atomic E-state index is 4.89. The van der Waals surface area contributed by atoms with Crippen molar-refractivity contribution in [3.05, 3.63) is 66.7 Å². The van der Waals surface area contributed by atoms with Crippen LogP contribution in [-0.2, 0) is 0 Å². The van der Waals surface area contributed by atoms with Crippen molar-refractivity contribution in [2.75, 3.05) is 29.4 Å². The summed E-state index contributed by atoms with van der Waals surface area (Å²) in [6.07, 6.45) is 0. The molecule has 0 aliphatic carbocycles. The summed E-state index contributed by atoms with van der Waals surface area (Å²) >= 11 is 0. The molecule has 0 spiro atoms. The molecule has 1 aromatic heterocycles. The van der Waals surface area contributed by atoms with Gasteiger partial charge in [0, 0.05) is 37.0 Å². The van der Waals surface area contributed by atoms with Crippen LogP contribution >= 0.6 is 0 Å². The average molecular weight is 346 g/mol. The van der Waals surface area contributed by atoms with Crippen LogP contribution in [0.1, 0.15) is 20.8 Å². The second kappa shape index (κ2) is 8.48. The number of hydrogen-bond acceptors (Lipinski definition) is 4. The number of rotatable bonds is 7. The molecule has 0 saturated heterocycles. The minimum absolute atomic E-state index is 0.778. The summed E-state index contributed by atoms with van der Waals surface area (Å²) in [6.45, 7) is 9.02. The second-order valence-electron chi connectivity index (χ2n) is 6.03. The van der Waals surface area contributed by atoms with Crippen molar-refractivity contribution in [3.8, 4) is 11.3 Å². The SMILES string of the molecule is CCN(CC)c1nc(-c2ccccc2)cc(N(CC)c2ccccc2)n1. The third-order valence-corrected chi connectivity index (χ3v) is 4.48. The smallest absolute Gasteiger partial charge is 0.227 e. The molecule has 0 saturated carbocycles. The normalized spacial score (nSPS) is 10.6. The van der Waals surface area contributed by atoms with E-state index in [0.29, 0.717) is 0 Å². The van der Waals surface area contributed by atoms with Crippen LogP contribution in [-0.4, -0.2) is 29.6 Å². The Balaban J connectivity index is 2.13. The van der Waals surface area contributed by atoms with Gasteiger partial charge in [0.25, 0.3) is 0 Å². The standard InChI is InChI=1S/C22H26N4/c1-4-25(5-2)22-23-20(18-13-9-7-10-14-18)17-21(24-22)26(6-3)19-15-11-8-12-16-19/h7-17H,4-6H2,1-3H3. The summed E-state index contributed by atoms with van der Waals surface area (Å²) in [4.78, 5) is 14.1. The molecule has 4 heteroatoms. The van der Waals surface area contributed by atoms with Crippen LogP contribution in [0.5, 0.6) is 0 Å². The van der Waals surface area contributed by atoms with E-state index in [1.165, 1.54) is 0 Å². The van der Waals surface area contributed by atoms with E-state index in [1.807, 2.05) is 24.3 Å². The lowest BCUT2D eigenvalue weighted by Gasteiger charge is -2.25. The van der Waals surface area contributed by atoms with E-state index in [1.54, 1.807) is 0 Å². The third kappa shape index (κ3) is 3.85. The Hall–Kier alpha value is -2.88. The minimum Gasteiger partial charge on any atom is -0.341 e. The molecular formula is C22H26N4. The van der Waals surface area contributed by atoms with E-state index in [9.17, 15) is 0 Å². The van der Waals surface area contributed by atoms with Gasteiger partial charge in [-0.05, 0) is 32.9 Å². The predicted octanol–water partition coefficient (Wildman–Crippen LogP) is 5.15. The van der Waals surface area contributed by atoms with Gasteiger partial charge in [-0.3, -0.25) is 0 Å². The summed E-state index contributed by atoms with van der Waals surface area (Å²) in [5, 5.41) is 0. The lowest BCUT2D eigenvalue weighted by atomic mass is 10.1. The highest BCUT2D eigenvalue weighted by Gasteiger charge is 2.15. The first-order valence-corrected chi connectivity index (χ1v) is 9.28. The Labute approximate surface area is 156 Å². The highest BCUT2D eigenvalue weighted by molar-refractivity contribution is 5.69. The predicted molar refractivity (Wildman–Crippen MR) is 110 cm³/mol. The fourth-order valence-electron chi connectivity index (χ4n) is 3.05. The van der Waals surface area contributed by atoms with Crippen LogP contribution in [0.2, 0.25) is 0 Å². The first-order chi connectivity index (χ1) is 12.8. The van der Waals surface area contributed by atoms with Gasteiger partial charge in [-0.2, -0.15) is 4.98 Å². The fourth-order valence-corrected chi connectivity index (χ4v) is 3.05. The van der Waals surface area contributed by atoms with Gasteiger partial charge in [-0.15, -0.1) is 0 Å². The molecule has 0 bridgehead atoms. The Bertz CT molecular complexity index is 814. The zero-order chi connectivity index (χ0) is 18.4. The molecule has 0 aliphatic rings. The first kappa shape index (κ1) is 17.9. The first-order valence-electron chi connectivity index (χ1n) is 9.28. The molecule has 4 nitrogen and oxygen atoms in total. The van der Waals surface area contributed by atoms with Crippen molar-refractivity contribution < 1.29 is 0 Å². The third-order valence-electron chi connectivity index (χ3n) is 4.48. The molecule has 0 aliphatic heterocycles. The number of aromatic nitrogens is 2. The largest absolute Gasteiger partial charge is 0.341 e. The zero-order valence-corrected chi connectivity index (χ0v) is 15.8. The Morgan fingerprint density at radius 2 is 1.35 bits per heavy atom.